The molecule has 0 radical (unpaired) electrons. The lowest BCUT2D eigenvalue weighted by Gasteiger charge is -2.17. The fraction of sp³-hybridized carbons (Fsp3) is 0.235. The number of carbonyl (C=O) groups excluding carboxylic acids is 1. The molecule has 1 unspecified atom stereocenters. The molecule has 0 saturated carbocycles. The van der Waals surface area contributed by atoms with E-state index in [9.17, 15) is 9.18 Å². The van der Waals surface area contributed by atoms with Crippen molar-refractivity contribution in [3.05, 3.63) is 59.9 Å². The van der Waals surface area contributed by atoms with Gasteiger partial charge in [0.1, 0.15) is 11.6 Å². The topological polar surface area (TPSA) is 38.3 Å². The van der Waals surface area contributed by atoms with E-state index in [1.54, 1.807) is 0 Å². The first-order valence-electron chi connectivity index (χ1n) is 6.88. The molecule has 0 heterocycles. The number of halogens is 1. The largest absolute Gasteiger partial charge is 0.481 e. The van der Waals surface area contributed by atoms with Gasteiger partial charge in [0.05, 0.1) is 0 Å². The molecule has 3 nitrogen and oxygen atoms in total. The zero-order chi connectivity index (χ0) is 15.2. The van der Waals surface area contributed by atoms with Crippen LogP contribution in [0.25, 0.3) is 0 Å². The second-order valence-electron chi connectivity index (χ2n) is 4.83. The predicted octanol–water partition coefficient (Wildman–Crippen LogP) is 3.93. The molecule has 1 atom stereocenters. The maximum absolute atomic E-state index is 12.8. The molecule has 1 amide bonds. The van der Waals surface area contributed by atoms with E-state index >= 15 is 0 Å². The molecule has 4 heteroatoms. The summed E-state index contributed by atoms with van der Waals surface area (Å²) in [6, 6.07) is 13.2. The van der Waals surface area contributed by atoms with E-state index in [1.807, 2.05) is 38.1 Å². The maximum atomic E-state index is 12.8. The number of rotatable bonds is 5. The Morgan fingerprint density at radius 1 is 1.24 bits per heavy atom. The van der Waals surface area contributed by atoms with Gasteiger partial charge in [-0.05, 0) is 55.3 Å². The Kier molecular flexibility index (Phi) is 4.93. The minimum atomic E-state index is -0.586. The van der Waals surface area contributed by atoms with Crippen molar-refractivity contribution >= 4 is 11.6 Å². The minimum Gasteiger partial charge on any atom is -0.481 e. The molecule has 1 N–H and O–H groups in total. The molecule has 0 aliphatic rings. The molecule has 0 aliphatic carbocycles. The Hall–Kier alpha value is -2.36. The summed E-state index contributed by atoms with van der Waals surface area (Å²) < 4.78 is 18.6. The molecule has 2 aromatic rings. The minimum absolute atomic E-state index is 0.245. The number of nitrogens with one attached hydrogen (secondary N) is 1. The van der Waals surface area contributed by atoms with Crippen molar-refractivity contribution in [1.29, 1.82) is 0 Å². The van der Waals surface area contributed by atoms with Gasteiger partial charge in [0.25, 0.3) is 5.91 Å². The lowest BCUT2D eigenvalue weighted by Crippen LogP contribution is -2.32. The SMILES string of the molecule is CCC(Oc1cccc(C)c1)C(=O)Nc1ccc(F)cc1. The van der Waals surface area contributed by atoms with Crippen LogP contribution in [0, 0.1) is 12.7 Å². The van der Waals surface area contributed by atoms with E-state index in [0.717, 1.165) is 5.56 Å². The third kappa shape index (κ3) is 4.31. The van der Waals surface area contributed by atoms with Crippen molar-refractivity contribution < 1.29 is 13.9 Å². The molecule has 0 spiro atoms. The third-order valence-corrected chi connectivity index (χ3v) is 3.04. The number of carbonyl (C=O) groups is 1. The van der Waals surface area contributed by atoms with Crippen molar-refractivity contribution in [2.75, 3.05) is 5.32 Å². The van der Waals surface area contributed by atoms with Crippen LogP contribution in [-0.4, -0.2) is 12.0 Å². The highest BCUT2D eigenvalue weighted by atomic mass is 19.1. The quantitative estimate of drug-likeness (QED) is 0.905. The summed E-state index contributed by atoms with van der Waals surface area (Å²) >= 11 is 0. The Balaban J connectivity index is 2.03. The number of anilines is 1. The maximum Gasteiger partial charge on any atom is 0.265 e. The molecular formula is C17H18FNO2. The van der Waals surface area contributed by atoms with Crippen LogP contribution in [0.5, 0.6) is 5.75 Å². The molecule has 0 bridgehead atoms. The van der Waals surface area contributed by atoms with E-state index in [4.69, 9.17) is 4.74 Å². The van der Waals surface area contributed by atoms with Gasteiger partial charge in [0, 0.05) is 5.69 Å². The predicted molar refractivity (Wildman–Crippen MR) is 80.9 cm³/mol. The van der Waals surface area contributed by atoms with Crippen LogP contribution in [0.2, 0.25) is 0 Å². The molecule has 2 aromatic carbocycles. The second-order valence-corrected chi connectivity index (χ2v) is 4.83. The average Bonchev–Trinajstić information content (AvgIpc) is 2.47. The van der Waals surface area contributed by atoms with Crippen molar-refractivity contribution in [1.82, 2.24) is 0 Å². The molecular weight excluding hydrogens is 269 g/mol. The van der Waals surface area contributed by atoms with E-state index in [0.29, 0.717) is 17.9 Å². The van der Waals surface area contributed by atoms with Crippen LogP contribution in [0.1, 0.15) is 18.9 Å². The van der Waals surface area contributed by atoms with Gasteiger partial charge in [0.15, 0.2) is 6.10 Å². The summed E-state index contributed by atoms with van der Waals surface area (Å²) in [5.74, 6) is 0.0813. The summed E-state index contributed by atoms with van der Waals surface area (Å²) in [5, 5.41) is 2.72. The van der Waals surface area contributed by atoms with E-state index in [1.165, 1.54) is 24.3 Å². The molecule has 0 fully saturated rings. The highest BCUT2D eigenvalue weighted by molar-refractivity contribution is 5.94. The molecule has 21 heavy (non-hydrogen) atoms. The number of aryl methyl sites for hydroxylation is 1. The summed E-state index contributed by atoms with van der Waals surface area (Å²) in [6.45, 7) is 3.84. The summed E-state index contributed by atoms with van der Waals surface area (Å²) in [4.78, 5) is 12.2. The van der Waals surface area contributed by atoms with Crippen LogP contribution >= 0.6 is 0 Å². The third-order valence-electron chi connectivity index (χ3n) is 3.04. The van der Waals surface area contributed by atoms with Crippen LogP contribution in [0.3, 0.4) is 0 Å². The van der Waals surface area contributed by atoms with E-state index < -0.39 is 6.10 Å². The molecule has 2 rings (SSSR count). The summed E-state index contributed by atoms with van der Waals surface area (Å²) in [6.07, 6.45) is -0.0436. The van der Waals surface area contributed by atoms with Gasteiger partial charge in [-0.1, -0.05) is 19.1 Å². The number of ether oxygens (including phenoxy) is 1. The van der Waals surface area contributed by atoms with Gasteiger partial charge in [-0.15, -0.1) is 0 Å². The normalized spacial score (nSPS) is 11.8. The van der Waals surface area contributed by atoms with Crippen molar-refractivity contribution in [2.24, 2.45) is 0 Å². The fourth-order valence-corrected chi connectivity index (χ4v) is 1.93. The summed E-state index contributed by atoms with van der Waals surface area (Å²) in [7, 11) is 0. The average molecular weight is 287 g/mol. The molecule has 110 valence electrons. The molecule has 0 aromatic heterocycles. The first kappa shape index (κ1) is 15.0. The van der Waals surface area contributed by atoms with Crippen LogP contribution in [0.4, 0.5) is 10.1 Å². The van der Waals surface area contributed by atoms with Crippen LogP contribution in [0.15, 0.2) is 48.5 Å². The smallest absolute Gasteiger partial charge is 0.265 e. The first-order valence-corrected chi connectivity index (χ1v) is 6.88. The Morgan fingerprint density at radius 2 is 1.95 bits per heavy atom. The van der Waals surface area contributed by atoms with Gasteiger partial charge < -0.3 is 10.1 Å². The first-order chi connectivity index (χ1) is 10.1. The standard InChI is InChI=1S/C17H18FNO2/c1-3-16(21-15-6-4-5-12(2)11-15)17(20)19-14-9-7-13(18)8-10-14/h4-11,16H,3H2,1-2H3,(H,19,20). The van der Waals surface area contributed by atoms with Crippen LogP contribution in [-0.2, 0) is 4.79 Å². The monoisotopic (exact) mass is 287 g/mol. The zero-order valence-corrected chi connectivity index (χ0v) is 12.1. The van der Waals surface area contributed by atoms with Crippen molar-refractivity contribution in [2.45, 2.75) is 26.4 Å². The van der Waals surface area contributed by atoms with Gasteiger partial charge in [-0.3, -0.25) is 4.79 Å². The van der Waals surface area contributed by atoms with Gasteiger partial charge in [-0.25, -0.2) is 4.39 Å². The van der Waals surface area contributed by atoms with E-state index in [2.05, 4.69) is 5.32 Å². The lowest BCUT2D eigenvalue weighted by atomic mass is 10.2. The highest BCUT2D eigenvalue weighted by Gasteiger charge is 2.18. The molecule has 0 saturated heterocycles. The summed E-state index contributed by atoms with van der Waals surface area (Å²) in [5.41, 5.74) is 1.62. The Morgan fingerprint density at radius 3 is 2.57 bits per heavy atom. The molecule has 0 aliphatic heterocycles. The Labute approximate surface area is 123 Å². The Bertz CT molecular complexity index is 610. The number of hydrogen-bond acceptors (Lipinski definition) is 2. The van der Waals surface area contributed by atoms with Gasteiger partial charge >= 0.3 is 0 Å². The fourth-order valence-electron chi connectivity index (χ4n) is 1.93. The number of amides is 1. The number of hydrogen-bond donors (Lipinski definition) is 1. The van der Waals surface area contributed by atoms with E-state index in [-0.39, 0.29) is 11.7 Å². The van der Waals surface area contributed by atoms with Gasteiger partial charge in [0.2, 0.25) is 0 Å². The van der Waals surface area contributed by atoms with Crippen LogP contribution < -0.4 is 10.1 Å². The highest BCUT2D eigenvalue weighted by Crippen LogP contribution is 2.17. The lowest BCUT2D eigenvalue weighted by molar-refractivity contribution is -0.122. The second kappa shape index (κ2) is 6.88. The van der Waals surface area contributed by atoms with Crippen molar-refractivity contribution in [3.8, 4) is 5.75 Å². The number of benzene rings is 2. The van der Waals surface area contributed by atoms with Gasteiger partial charge in [-0.2, -0.15) is 0 Å². The van der Waals surface area contributed by atoms with Crippen molar-refractivity contribution in [3.63, 3.8) is 0 Å². The zero-order valence-electron chi connectivity index (χ0n) is 12.1.